The number of hydrogen-bond donors (Lipinski definition) is 2. The largest absolute Gasteiger partial charge is 0.508 e. The average molecular weight is 569 g/mol. The summed E-state index contributed by atoms with van der Waals surface area (Å²) in [6.07, 6.45) is 1.68. The minimum atomic E-state index is -0.246. The maximum Gasteiger partial charge on any atom is 0.238 e. The summed E-state index contributed by atoms with van der Waals surface area (Å²) in [5, 5.41) is 20.2. The van der Waals surface area contributed by atoms with Gasteiger partial charge in [-0.2, -0.15) is 0 Å². The molecule has 2 amide bonds. The van der Waals surface area contributed by atoms with Gasteiger partial charge in [0, 0.05) is 22.5 Å². The fourth-order valence-electron chi connectivity index (χ4n) is 5.19. The number of nitrogens with zero attached hydrogens (tertiary/aromatic N) is 2. The van der Waals surface area contributed by atoms with Gasteiger partial charge in [0.2, 0.25) is 11.8 Å². The molecule has 4 aromatic carbocycles. The molecular formula is C32H28N2O4S2. The third-order valence-electron chi connectivity index (χ3n) is 7.27. The molecule has 2 fully saturated rings. The van der Waals surface area contributed by atoms with Gasteiger partial charge in [-0.15, -0.1) is 23.5 Å². The molecule has 0 aliphatic carbocycles. The Morgan fingerprint density at radius 2 is 0.950 bits per heavy atom. The van der Waals surface area contributed by atoms with Gasteiger partial charge in [-0.3, -0.25) is 19.4 Å². The topological polar surface area (TPSA) is 81.1 Å². The highest BCUT2D eigenvalue weighted by atomic mass is 32.2. The van der Waals surface area contributed by atoms with Crippen molar-refractivity contribution in [1.82, 2.24) is 0 Å². The first-order chi connectivity index (χ1) is 19.5. The number of rotatable bonds is 7. The van der Waals surface area contributed by atoms with Crippen molar-refractivity contribution in [3.63, 3.8) is 0 Å². The van der Waals surface area contributed by atoms with E-state index in [0.717, 1.165) is 46.5 Å². The second-order valence-electron chi connectivity index (χ2n) is 9.80. The van der Waals surface area contributed by atoms with Crippen molar-refractivity contribution >= 4 is 46.7 Å². The van der Waals surface area contributed by atoms with E-state index in [0.29, 0.717) is 11.5 Å². The number of thioether (sulfide) groups is 2. The van der Waals surface area contributed by atoms with Gasteiger partial charge in [-0.05, 0) is 60.4 Å². The highest BCUT2D eigenvalue weighted by Crippen LogP contribution is 2.45. The van der Waals surface area contributed by atoms with Crippen molar-refractivity contribution < 1.29 is 19.8 Å². The molecule has 4 aromatic rings. The molecule has 2 heterocycles. The number of phenols is 2. The molecule has 0 unspecified atom stereocenters. The van der Waals surface area contributed by atoms with Gasteiger partial charge in [0.15, 0.2) is 0 Å². The van der Waals surface area contributed by atoms with E-state index in [1.165, 1.54) is 23.5 Å². The molecule has 6 nitrogen and oxygen atoms in total. The number of aromatic hydroxyl groups is 2. The number of para-hydroxylation sites is 2. The van der Waals surface area contributed by atoms with Crippen LogP contribution in [0.3, 0.4) is 0 Å². The van der Waals surface area contributed by atoms with Crippen LogP contribution in [0.15, 0.2) is 97.1 Å². The summed E-state index contributed by atoms with van der Waals surface area (Å²) in [5.74, 6) is 1.22. The Morgan fingerprint density at radius 3 is 1.32 bits per heavy atom. The van der Waals surface area contributed by atoms with Crippen molar-refractivity contribution in [3.8, 4) is 11.5 Å². The standard InChI is InChI=1S/C32H28N2O4S2/c35-27-7-3-1-5-25(27)31-33(29(37)19-39-31)23-15-11-21(12-16-23)9-10-22-13-17-24(18-14-22)34-30(38)20-40-32(34)26-6-2-4-8-28(26)36/h1-8,11-18,31-32,35-36H,9-10,19-20H2/t31-,32-/m0/s1. The number of amides is 2. The molecule has 0 saturated carbocycles. The van der Waals surface area contributed by atoms with Gasteiger partial charge in [0.05, 0.1) is 11.5 Å². The van der Waals surface area contributed by atoms with Crippen LogP contribution in [-0.4, -0.2) is 33.5 Å². The normalized spacial score (nSPS) is 19.0. The molecular weight excluding hydrogens is 540 g/mol. The number of carbonyl (C=O) groups excluding carboxylic acids is 2. The van der Waals surface area contributed by atoms with E-state index in [2.05, 4.69) is 24.3 Å². The third-order valence-corrected chi connectivity index (χ3v) is 9.66. The number of benzene rings is 4. The van der Waals surface area contributed by atoms with Crippen molar-refractivity contribution in [2.24, 2.45) is 0 Å². The minimum absolute atomic E-state index is 0.0330. The first-order valence-electron chi connectivity index (χ1n) is 13.1. The number of hydrogen-bond acceptors (Lipinski definition) is 6. The molecule has 8 heteroatoms. The Balaban J connectivity index is 1.12. The summed E-state index contributed by atoms with van der Waals surface area (Å²) in [4.78, 5) is 29.0. The number of aryl methyl sites for hydroxylation is 2. The second kappa shape index (κ2) is 11.3. The molecule has 0 bridgehead atoms. The summed E-state index contributed by atoms with van der Waals surface area (Å²) < 4.78 is 0. The Hall–Kier alpha value is -3.88. The molecule has 6 rings (SSSR count). The van der Waals surface area contributed by atoms with Crippen molar-refractivity contribution in [2.45, 2.75) is 23.6 Å². The quantitative estimate of drug-likeness (QED) is 0.267. The van der Waals surface area contributed by atoms with Gasteiger partial charge in [-0.1, -0.05) is 60.7 Å². The smallest absolute Gasteiger partial charge is 0.238 e. The highest BCUT2D eigenvalue weighted by molar-refractivity contribution is 8.01. The van der Waals surface area contributed by atoms with Crippen LogP contribution in [0.2, 0.25) is 0 Å². The van der Waals surface area contributed by atoms with Crippen molar-refractivity contribution in [1.29, 1.82) is 0 Å². The van der Waals surface area contributed by atoms with E-state index in [1.54, 1.807) is 34.1 Å². The molecule has 0 spiro atoms. The minimum Gasteiger partial charge on any atom is -0.508 e. The van der Waals surface area contributed by atoms with E-state index < -0.39 is 0 Å². The Kier molecular flexibility index (Phi) is 7.45. The molecule has 2 aliphatic rings. The molecule has 2 aliphatic heterocycles. The molecule has 2 atom stereocenters. The summed E-state index contributed by atoms with van der Waals surface area (Å²) in [5.41, 5.74) is 5.46. The Bertz CT molecular complexity index is 1420. The lowest BCUT2D eigenvalue weighted by Crippen LogP contribution is -2.27. The Morgan fingerprint density at radius 1 is 0.575 bits per heavy atom. The van der Waals surface area contributed by atoms with Gasteiger partial charge >= 0.3 is 0 Å². The fourth-order valence-corrected chi connectivity index (χ4v) is 7.61. The lowest BCUT2D eigenvalue weighted by molar-refractivity contribution is -0.116. The van der Waals surface area contributed by atoms with Gasteiger partial charge in [0.25, 0.3) is 0 Å². The lowest BCUT2D eigenvalue weighted by atomic mass is 10.0. The van der Waals surface area contributed by atoms with E-state index >= 15 is 0 Å². The van der Waals surface area contributed by atoms with Gasteiger partial charge < -0.3 is 10.2 Å². The summed E-state index contributed by atoms with van der Waals surface area (Å²) in [7, 11) is 0. The summed E-state index contributed by atoms with van der Waals surface area (Å²) in [6.45, 7) is 0. The Labute approximate surface area is 241 Å². The van der Waals surface area contributed by atoms with Crippen molar-refractivity contribution in [3.05, 3.63) is 119 Å². The molecule has 0 aromatic heterocycles. The first kappa shape index (κ1) is 26.3. The lowest BCUT2D eigenvalue weighted by Gasteiger charge is -2.25. The summed E-state index contributed by atoms with van der Waals surface area (Å²) >= 11 is 3.04. The van der Waals surface area contributed by atoms with E-state index in [1.807, 2.05) is 48.5 Å². The van der Waals surface area contributed by atoms with Crippen LogP contribution < -0.4 is 9.80 Å². The van der Waals surface area contributed by atoms with Crippen molar-refractivity contribution in [2.75, 3.05) is 21.3 Å². The molecule has 2 saturated heterocycles. The number of carbonyl (C=O) groups is 2. The molecule has 202 valence electrons. The predicted octanol–water partition coefficient (Wildman–Crippen LogP) is 6.44. The van der Waals surface area contributed by atoms with Crippen LogP contribution in [0.25, 0.3) is 0 Å². The SMILES string of the molecule is O=C1CS[C@@H](c2ccccc2O)N1c1ccc(CCc2ccc(N3C(=O)CS[C@H]3c3ccccc3O)cc2)cc1. The monoisotopic (exact) mass is 568 g/mol. The van der Waals surface area contributed by atoms with Crippen LogP contribution in [0.5, 0.6) is 11.5 Å². The zero-order valence-electron chi connectivity index (χ0n) is 21.6. The van der Waals surface area contributed by atoms with Crippen LogP contribution >= 0.6 is 23.5 Å². The second-order valence-corrected chi connectivity index (χ2v) is 11.9. The highest BCUT2D eigenvalue weighted by Gasteiger charge is 2.36. The summed E-state index contributed by atoms with van der Waals surface area (Å²) in [6, 6.07) is 30.5. The number of phenolic OH excluding ortho intramolecular Hbond substituents is 2. The molecule has 0 radical (unpaired) electrons. The molecule has 2 N–H and O–H groups in total. The average Bonchev–Trinajstić information content (AvgIpc) is 3.55. The van der Waals surface area contributed by atoms with Crippen LogP contribution in [0.4, 0.5) is 11.4 Å². The fraction of sp³-hybridized carbons (Fsp3) is 0.188. The molecule has 40 heavy (non-hydrogen) atoms. The van der Waals surface area contributed by atoms with Crippen LogP contribution in [0.1, 0.15) is 33.0 Å². The van der Waals surface area contributed by atoms with E-state index in [4.69, 9.17) is 0 Å². The van der Waals surface area contributed by atoms with E-state index in [-0.39, 0.29) is 34.1 Å². The maximum absolute atomic E-state index is 12.7. The van der Waals surface area contributed by atoms with Crippen LogP contribution in [0, 0.1) is 0 Å². The third kappa shape index (κ3) is 5.17. The number of anilines is 2. The predicted molar refractivity (Wildman–Crippen MR) is 162 cm³/mol. The van der Waals surface area contributed by atoms with Gasteiger partial charge in [-0.25, -0.2) is 0 Å². The van der Waals surface area contributed by atoms with Gasteiger partial charge in [0.1, 0.15) is 22.2 Å². The van der Waals surface area contributed by atoms with Crippen LogP contribution in [-0.2, 0) is 22.4 Å². The first-order valence-corrected chi connectivity index (χ1v) is 15.2. The zero-order valence-corrected chi connectivity index (χ0v) is 23.3. The maximum atomic E-state index is 12.7. The van der Waals surface area contributed by atoms with E-state index in [9.17, 15) is 19.8 Å². The zero-order chi connectivity index (χ0) is 27.6.